The zero-order valence-corrected chi connectivity index (χ0v) is 16.3. The zero-order valence-electron chi connectivity index (χ0n) is 15.5. The van der Waals surface area contributed by atoms with E-state index in [-0.39, 0.29) is 17.7 Å². The molecule has 2 N–H and O–H groups in total. The van der Waals surface area contributed by atoms with Gasteiger partial charge in [-0.3, -0.25) is 19.7 Å². The molecule has 1 unspecified atom stereocenters. The summed E-state index contributed by atoms with van der Waals surface area (Å²) in [5.41, 5.74) is 1.64. The number of halogens is 1. The number of amides is 3. The van der Waals surface area contributed by atoms with Gasteiger partial charge in [0.1, 0.15) is 0 Å². The molecular weight excluding hydrogens is 376 g/mol. The van der Waals surface area contributed by atoms with Crippen molar-refractivity contribution in [1.29, 1.82) is 0 Å². The Labute approximate surface area is 168 Å². The second-order valence-electron chi connectivity index (χ2n) is 6.76. The molecule has 1 heterocycles. The van der Waals surface area contributed by atoms with Crippen molar-refractivity contribution in [3.63, 3.8) is 0 Å². The molecular formula is C22H21ClN2O3. The third-order valence-electron chi connectivity index (χ3n) is 5.07. The Morgan fingerprint density at radius 3 is 2.43 bits per heavy atom. The standard InChI is InChI=1S/C22H21ClN2O3/c1-2-22(14-13-20(27)25-21(22)28)16-6-10-18(11-7-16)24-19(26)12-5-15-3-8-17(23)9-4-15/h3-12H,2,13-14H2,1H3,(H,24,26)(H,25,27,28). The number of rotatable bonds is 5. The summed E-state index contributed by atoms with van der Waals surface area (Å²) in [6, 6.07) is 14.4. The first-order chi connectivity index (χ1) is 13.4. The largest absolute Gasteiger partial charge is 0.323 e. The van der Waals surface area contributed by atoms with Crippen molar-refractivity contribution >= 4 is 41.1 Å². The van der Waals surface area contributed by atoms with Gasteiger partial charge >= 0.3 is 0 Å². The molecule has 0 aromatic heterocycles. The van der Waals surface area contributed by atoms with Gasteiger partial charge in [-0.25, -0.2) is 0 Å². The van der Waals surface area contributed by atoms with Crippen molar-refractivity contribution in [2.24, 2.45) is 0 Å². The van der Waals surface area contributed by atoms with Crippen LogP contribution < -0.4 is 10.6 Å². The summed E-state index contributed by atoms with van der Waals surface area (Å²) in [6.07, 6.45) is 4.57. The predicted molar refractivity (Wildman–Crippen MR) is 110 cm³/mol. The van der Waals surface area contributed by atoms with Gasteiger partial charge < -0.3 is 5.32 Å². The molecule has 0 saturated carbocycles. The van der Waals surface area contributed by atoms with Crippen LogP contribution in [0.15, 0.2) is 54.6 Å². The molecule has 3 rings (SSSR count). The van der Waals surface area contributed by atoms with E-state index in [1.807, 2.05) is 31.2 Å². The molecule has 2 aromatic carbocycles. The van der Waals surface area contributed by atoms with Crippen LogP contribution in [-0.4, -0.2) is 17.7 Å². The Bertz CT molecular complexity index is 920. The number of hydrogen-bond acceptors (Lipinski definition) is 3. The number of carbonyl (C=O) groups is 3. The molecule has 1 aliphatic rings. The van der Waals surface area contributed by atoms with Gasteiger partial charge in [-0.1, -0.05) is 42.8 Å². The molecule has 0 spiro atoms. The van der Waals surface area contributed by atoms with Gasteiger partial charge in [-0.15, -0.1) is 0 Å². The van der Waals surface area contributed by atoms with Gasteiger partial charge in [0.2, 0.25) is 17.7 Å². The van der Waals surface area contributed by atoms with Crippen LogP contribution in [0, 0.1) is 0 Å². The van der Waals surface area contributed by atoms with E-state index < -0.39 is 5.41 Å². The Morgan fingerprint density at radius 2 is 1.82 bits per heavy atom. The summed E-state index contributed by atoms with van der Waals surface area (Å²) >= 11 is 5.84. The SMILES string of the molecule is CCC1(c2ccc(NC(=O)C=Cc3ccc(Cl)cc3)cc2)CCC(=O)NC1=O. The topological polar surface area (TPSA) is 75.3 Å². The Kier molecular flexibility index (Phi) is 5.95. The second-order valence-corrected chi connectivity index (χ2v) is 7.20. The molecule has 3 amide bonds. The van der Waals surface area contributed by atoms with Crippen LogP contribution in [0.4, 0.5) is 5.69 Å². The number of hydrogen-bond donors (Lipinski definition) is 2. The molecule has 0 radical (unpaired) electrons. The maximum absolute atomic E-state index is 12.4. The van der Waals surface area contributed by atoms with E-state index in [2.05, 4.69) is 10.6 Å². The minimum atomic E-state index is -0.703. The number of nitrogens with one attached hydrogen (secondary N) is 2. The van der Waals surface area contributed by atoms with Crippen LogP contribution in [-0.2, 0) is 19.8 Å². The van der Waals surface area contributed by atoms with Crippen LogP contribution in [0.3, 0.4) is 0 Å². The first-order valence-electron chi connectivity index (χ1n) is 9.12. The van der Waals surface area contributed by atoms with E-state index in [1.54, 1.807) is 30.3 Å². The molecule has 144 valence electrons. The number of benzene rings is 2. The van der Waals surface area contributed by atoms with Crippen LogP contribution in [0.1, 0.15) is 37.3 Å². The summed E-state index contributed by atoms with van der Waals surface area (Å²) in [7, 11) is 0. The van der Waals surface area contributed by atoms with Crippen LogP contribution in [0.25, 0.3) is 6.08 Å². The van der Waals surface area contributed by atoms with Crippen LogP contribution in [0.5, 0.6) is 0 Å². The maximum atomic E-state index is 12.4. The molecule has 0 aliphatic carbocycles. The number of carbonyl (C=O) groups excluding carboxylic acids is 3. The molecule has 0 bridgehead atoms. The van der Waals surface area contributed by atoms with Crippen molar-refractivity contribution in [3.05, 3.63) is 70.8 Å². The highest BCUT2D eigenvalue weighted by molar-refractivity contribution is 6.30. The first-order valence-corrected chi connectivity index (χ1v) is 9.50. The lowest BCUT2D eigenvalue weighted by molar-refractivity contribution is -0.138. The molecule has 5 nitrogen and oxygen atoms in total. The summed E-state index contributed by atoms with van der Waals surface area (Å²) in [6.45, 7) is 1.94. The minimum absolute atomic E-state index is 0.231. The van der Waals surface area contributed by atoms with Crippen molar-refractivity contribution in [1.82, 2.24) is 5.32 Å². The average Bonchev–Trinajstić information content (AvgIpc) is 2.69. The van der Waals surface area contributed by atoms with E-state index >= 15 is 0 Å². The monoisotopic (exact) mass is 396 g/mol. The van der Waals surface area contributed by atoms with Crippen molar-refractivity contribution in [3.8, 4) is 0 Å². The van der Waals surface area contributed by atoms with Gasteiger partial charge in [-0.05, 0) is 54.3 Å². The smallest absolute Gasteiger partial charge is 0.248 e. The van der Waals surface area contributed by atoms with Crippen molar-refractivity contribution < 1.29 is 14.4 Å². The number of imide groups is 1. The molecule has 2 aromatic rings. The van der Waals surface area contributed by atoms with Gasteiger partial charge in [0.15, 0.2) is 0 Å². The van der Waals surface area contributed by atoms with Crippen LogP contribution >= 0.6 is 11.6 Å². The van der Waals surface area contributed by atoms with E-state index in [0.29, 0.717) is 30.0 Å². The fraction of sp³-hybridized carbons (Fsp3) is 0.227. The van der Waals surface area contributed by atoms with E-state index in [9.17, 15) is 14.4 Å². The van der Waals surface area contributed by atoms with Crippen molar-refractivity contribution in [2.45, 2.75) is 31.6 Å². The summed E-state index contributed by atoms with van der Waals surface area (Å²) in [5, 5.41) is 5.87. The highest BCUT2D eigenvalue weighted by Crippen LogP contribution is 2.36. The quantitative estimate of drug-likeness (QED) is 0.590. The van der Waals surface area contributed by atoms with Gasteiger partial charge in [0, 0.05) is 23.2 Å². The molecule has 1 fully saturated rings. The minimum Gasteiger partial charge on any atom is -0.323 e. The number of piperidine rings is 1. The molecule has 28 heavy (non-hydrogen) atoms. The molecule has 1 atom stereocenters. The first kappa shape index (κ1) is 19.8. The second kappa shape index (κ2) is 8.40. The lowest BCUT2D eigenvalue weighted by atomic mass is 9.72. The predicted octanol–water partition coefficient (Wildman–Crippen LogP) is 4.08. The van der Waals surface area contributed by atoms with Gasteiger partial charge in [0.25, 0.3) is 0 Å². The van der Waals surface area contributed by atoms with E-state index in [4.69, 9.17) is 11.6 Å². The van der Waals surface area contributed by atoms with E-state index in [1.165, 1.54) is 6.08 Å². The highest BCUT2D eigenvalue weighted by atomic mass is 35.5. The fourth-order valence-corrected chi connectivity index (χ4v) is 3.49. The van der Waals surface area contributed by atoms with Crippen LogP contribution in [0.2, 0.25) is 5.02 Å². The third kappa shape index (κ3) is 4.31. The molecule has 6 heteroatoms. The highest BCUT2D eigenvalue weighted by Gasteiger charge is 2.42. The fourth-order valence-electron chi connectivity index (χ4n) is 3.37. The summed E-state index contributed by atoms with van der Waals surface area (Å²) < 4.78 is 0. The zero-order chi connectivity index (χ0) is 20.1. The number of anilines is 1. The summed E-state index contributed by atoms with van der Waals surface area (Å²) in [4.78, 5) is 36.0. The Balaban J connectivity index is 1.68. The lowest BCUT2D eigenvalue weighted by Crippen LogP contribution is -2.51. The third-order valence-corrected chi connectivity index (χ3v) is 5.32. The van der Waals surface area contributed by atoms with E-state index in [0.717, 1.165) is 11.1 Å². The summed E-state index contributed by atoms with van der Waals surface area (Å²) in [5.74, 6) is -0.742. The molecule has 1 saturated heterocycles. The van der Waals surface area contributed by atoms with Gasteiger partial charge in [0.05, 0.1) is 5.41 Å². The Morgan fingerprint density at radius 1 is 1.14 bits per heavy atom. The van der Waals surface area contributed by atoms with Gasteiger partial charge in [-0.2, -0.15) is 0 Å². The normalized spacial score (nSPS) is 19.5. The molecule has 1 aliphatic heterocycles. The Hall–Kier alpha value is -2.92. The van der Waals surface area contributed by atoms with Crippen molar-refractivity contribution in [2.75, 3.05) is 5.32 Å². The maximum Gasteiger partial charge on any atom is 0.248 e. The lowest BCUT2D eigenvalue weighted by Gasteiger charge is -2.35. The average molecular weight is 397 g/mol.